The molecule has 0 unspecified atom stereocenters. The van der Waals surface area contributed by atoms with E-state index in [-0.39, 0.29) is 11.9 Å². The SMILES string of the molecule is CN1CCc2cc([C@H](CNC(=O)c3ccc(-c4ccccc4)cc3)N3CCOCC3)ccc21. The van der Waals surface area contributed by atoms with Crippen LogP contribution >= 0.6 is 0 Å². The molecule has 1 amide bonds. The van der Waals surface area contributed by atoms with Crippen molar-refractivity contribution in [2.24, 2.45) is 0 Å². The van der Waals surface area contributed by atoms with Gasteiger partial charge in [-0.05, 0) is 46.9 Å². The Morgan fingerprint density at radius 3 is 2.42 bits per heavy atom. The summed E-state index contributed by atoms with van der Waals surface area (Å²) < 4.78 is 5.58. The van der Waals surface area contributed by atoms with Crippen molar-refractivity contribution in [1.29, 1.82) is 0 Å². The van der Waals surface area contributed by atoms with Crippen molar-refractivity contribution in [1.82, 2.24) is 10.2 Å². The van der Waals surface area contributed by atoms with Crippen molar-refractivity contribution in [2.45, 2.75) is 12.5 Å². The molecule has 1 N–H and O–H groups in total. The summed E-state index contributed by atoms with van der Waals surface area (Å²) in [7, 11) is 2.15. The summed E-state index contributed by atoms with van der Waals surface area (Å²) in [6.07, 6.45) is 1.08. The molecule has 5 heteroatoms. The molecule has 0 spiro atoms. The normalized spacial score (nSPS) is 16.9. The van der Waals surface area contributed by atoms with Crippen LogP contribution in [0.2, 0.25) is 0 Å². The van der Waals surface area contributed by atoms with Crippen LogP contribution in [0.15, 0.2) is 72.8 Å². The molecule has 0 aromatic heterocycles. The number of benzene rings is 3. The van der Waals surface area contributed by atoms with Crippen LogP contribution < -0.4 is 10.2 Å². The first-order chi connectivity index (χ1) is 16.2. The fourth-order valence-electron chi connectivity index (χ4n) is 4.88. The van der Waals surface area contributed by atoms with E-state index in [2.05, 4.69) is 52.5 Å². The number of morpholine rings is 1. The van der Waals surface area contributed by atoms with Crippen molar-refractivity contribution in [3.8, 4) is 11.1 Å². The number of hydrogen-bond acceptors (Lipinski definition) is 4. The molecule has 0 bridgehead atoms. The average molecular weight is 442 g/mol. The summed E-state index contributed by atoms with van der Waals surface area (Å²) in [4.78, 5) is 17.7. The van der Waals surface area contributed by atoms with Gasteiger partial charge in [0.25, 0.3) is 5.91 Å². The number of hydrogen-bond donors (Lipinski definition) is 1. The Labute approximate surface area is 196 Å². The Morgan fingerprint density at radius 1 is 0.939 bits per heavy atom. The maximum absolute atomic E-state index is 13.0. The lowest BCUT2D eigenvalue weighted by Crippen LogP contribution is -2.43. The van der Waals surface area contributed by atoms with E-state index in [0.717, 1.165) is 50.4 Å². The van der Waals surface area contributed by atoms with Crippen LogP contribution in [-0.2, 0) is 11.2 Å². The molecule has 0 radical (unpaired) electrons. The lowest BCUT2D eigenvalue weighted by Gasteiger charge is -2.35. The number of carbonyl (C=O) groups excluding carboxylic acids is 1. The maximum atomic E-state index is 13.0. The number of carbonyl (C=O) groups is 1. The van der Waals surface area contributed by atoms with Crippen LogP contribution in [0.5, 0.6) is 0 Å². The summed E-state index contributed by atoms with van der Waals surface area (Å²) in [6.45, 7) is 4.87. The Kier molecular flexibility index (Phi) is 6.42. The Morgan fingerprint density at radius 2 is 1.67 bits per heavy atom. The zero-order valence-electron chi connectivity index (χ0n) is 19.2. The van der Waals surface area contributed by atoms with E-state index in [9.17, 15) is 4.79 Å². The van der Waals surface area contributed by atoms with Gasteiger partial charge in [0.2, 0.25) is 0 Å². The van der Waals surface area contributed by atoms with Gasteiger partial charge in [0.15, 0.2) is 0 Å². The summed E-state index contributed by atoms with van der Waals surface area (Å²) in [5.41, 5.74) is 6.94. The largest absolute Gasteiger partial charge is 0.379 e. The molecular formula is C28H31N3O2. The van der Waals surface area contributed by atoms with E-state index >= 15 is 0 Å². The van der Waals surface area contributed by atoms with E-state index in [4.69, 9.17) is 4.74 Å². The van der Waals surface area contributed by atoms with Gasteiger partial charge >= 0.3 is 0 Å². The molecule has 170 valence electrons. The van der Waals surface area contributed by atoms with Gasteiger partial charge in [0.05, 0.1) is 19.3 Å². The number of anilines is 1. The van der Waals surface area contributed by atoms with E-state index in [0.29, 0.717) is 12.1 Å². The highest BCUT2D eigenvalue weighted by Gasteiger charge is 2.25. The predicted molar refractivity (Wildman–Crippen MR) is 133 cm³/mol. The van der Waals surface area contributed by atoms with E-state index in [1.807, 2.05) is 42.5 Å². The lowest BCUT2D eigenvalue weighted by molar-refractivity contribution is 0.0162. The number of ether oxygens (including phenoxy) is 1. The molecule has 3 aromatic rings. The monoisotopic (exact) mass is 441 g/mol. The van der Waals surface area contributed by atoms with Crippen molar-refractivity contribution >= 4 is 11.6 Å². The van der Waals surface area contributed by atoms with Crippen molar-refractivity contribution < 1.29 is 9.53 Å². The number of fused-ring (bicyclic) bond motifs is 1. The predicted octanol–water partition coefficient (Wildman–Crippen LogP) is 4.15. The molecule has 2 aliphatic heterocycles. The minimum absolute atomic E-state index is 0.0336. The van der Waals surface area contributed by atoms with Gasteiger partial charge in [-0.1, -0.05) is 54.6 Å². The van der Waals surface area contributed by atoms with Crippen molar-refractivity contribution in [3.63, 3.8) is 0 Å². The molecule has 5 rings (SSSR count). The third-order valence-corrected chi connectivity index (χ3v) is 6.81. The maximum Gasteiger partial charge on any atom is 0.251 e. The highest BCUT2D eigenvalue weighted by molar-refractivity contribution is 5.94. The van der Waals surface area contributed by atoms with Gasteiger partial charge < -0.3 is 15.0 Å². The molecule has 2 aliphatic rings. The fraction of sp³-hybridized carbons (Fsp3) is 0.321. The zero-order valence-corrected chi connectivity index (χ0v) is 19.2. The first kappa shape index (κ1) is 21.7. The quantitative estimate of drug-likeness (QED) is 0.624. The highest BCUT2D eigenvalue weighted by atomic mass is 16.5. The van der Waals surface area contributed by atoms with Crippen LogP contribution in [0, 0.1) is 0 Å². The molecule has 5 nitrogen and oxygen atoms in total. The standard InChI is InChI=1S/C28H31N3O2/c1-30-14-13-25-19-24(11-12-26(25)30)27(31-15-17-33-18-16-31)20-29-28(32)23-9-7-22(8-10-23)21-5-3-2-4-6-21/h2-12,19,27H,13-18,20H2,1H3,(H,29,32)/t27-/m0/s1. The van der Waals surface area contributed by atoms with Gasteiger partial charge in [-0.15, -0.1) is 0 Å². The van der Waals surface area contributed by atoms with Crippen molar-refractivity contribution in [2.75, 3.05) is 51.3 Å². The number of rotatable bonds is 6. The second-order valence-corrected chi connectivity index (χ2v) is 8.88. The second kappa shape index (κ2) is 9.77. The summed E-state index contributed by atoms with van der Waals surface area (Å²) in [5.74, 6) is -0.0336. The average Bonchev–Trinajstić information content (AvgIpc) is 3.25. The molecule has 1 fully saturated rings. The second-order valence-electron chi connectivity index (χ2n) is 8.88. The first-order valence-corrected chi connectivity index (χ1v) is 11.8. The third-order valence-electron chi connectivity index (χ3n) is 6.81. The summed E-state index contributed by atoms with van der Waals surface area (Å²) in [6, 6.07) is 25.0. The number of amides is 1. The molecule has 2 heterocycles. The van der Waals surface area contributed by atoms with Gasteiger partial charge in [-0.25, -0.2) is 0 Å². The van der Waals surface area contributed by atoms with Crippen LogP contribution in [0.1, 0.15) is 27.5 Å². The van der Waals surface area contributed by atoms with Gasteiger partial charge in [0.1, 0.15) is 0 Å². The Bertz CT molecular complexity index is 1090. The smallest absolute Gasteiger partial charge is 0.251 e. The molecule has 3 aromatic carbocycles. The zero-order chi connectivity index (χ0) is 22.6. The molecule has 0 saturated carbocycles. The van der Waals surface area contributed by atoms with E-state index in [1.54, 1.807) is 0 Å². The van der Waals surface area contributed by atoms with E-state index in [1.165, 1.54) is 16.8 Å². The van der Waals surface area contributed by atoms with Crippen LogP contribution in [0.25, 0.3) is 11.1 Å². The molecule has 33 heavy (non-hydrogen) atoms. The topological polar surface area (TPSA) is 44.8 Å². The summed E-state index contributed by atoms with van der Waals surface area (Å²) >= 11 is 0. The van der Waals surface area contributed by atoms with Gasteiger partial charge in [-0.3, -0.25) is 9.69 Å². The number of nitrogens with zero attached hydrogens (tertiary/aromatic N) is 2. The Balaban J connectivity index is 1.31. The van der Waals surface area contributed by atoms with Crippen LogP contribution in [0.4, 0.5) is 5.69 Å². The minimum atomic E-state index is -0.0336. The minimum Gasteiger partial charge on any atom is -0.379 e. The Hall–Kier alpha value is -3.15. The number of nitrogens with one attached hydrogen (secondary N) is 1. The highest BCUT2D eigenvalue weighted by Crippen LogP contribution is 2.31. The molecule has 1 atom stereocenters. The molecule has 1 saturated heterocycles. The first-order valence-electron chi connectivity index (χ1n) is 11.8. The fourth-order valence-corrected chi connectivity index (χ4v) is 4.88. The third kappa shape index (κ3) is 4.80. The number of likely N-dealkylation sites (N-methyl/N-ethyl adjacent to an activating group) is 1. The van der Waals surface area contributed by atoms with Crippen LogP contribution in [-0.4, -0.2) is 57.2 Å². The van der Waals surface area contributed by atoms with Crippen molar-refractivity contribution in [3.05, 3.63) is 89.5 Å². The molecular weight excluding hydrogens is 410 g/mol. The summed E-state index contributed by atoms with van der Waals surface area (Å²) in [5, 5.41) is 3.20. The van der Waals surface area contributed by atoms with Gasteiger partial charge in [0, 0.05) is 44.5 Å². The van der Waals surface area contributed by atoms with Crippen LogP contribution in [0.3, 0.4) is 0 Å². The molecule has 0 aliphatic carbocycles. The van der Waals surface area contributed by atoms with Gasteiger partial charge in [-0.2, -0.15) is 0 Å². The lowest BCUT2D eigenvalue weighted by atomic mass is 10.00. The van der Waals surface area contributed by atoms with E-state index < -0.39 is 0 Å².